The molecule has 1 aliphatic rings. The second-order valence-electron chi connectivity index (χ2n) is 7.59. The van der Waals surface area contributed by atoms with Gasteiger partial charge >= 0.3 is 0 Å². The molecule has 28 heavy (non-hydrogen) atoms. The fourth-order valence-corrected chi connectivity index (χ4v) is 5.13. The van der Waals surface area contributed by atoms with Gasteiger partial charge in [-0.1, -0.05) is 26.0 Å². The molecule has 2 atom stereocenters. The summed E-state index contributed by atoms with van der Waals surface area (Å²) in [6.45, 7) is 6.15. The van der Waals surface area contributed by atoms with Crippen molar-refractivity contribution in [3.63, 3.8) is 0 Å². The average Bonchev–Trinajstić information content (AvgIpc) is 3.28. The molecule has 0 N–H and O–H groups in total. The number of sulfone groups is 1. The van der Waals surface area contributed by atoms with Crippen molar-refractivity contribution in [3.8, 4) is 5.75 Å². The Morgan fingerprint density at radius 2 is 1.93 bits per heavy atom. The summed E-state index contributed by atoms with van der Waals surface area (Å²) in [6.07, 6.45) is 1.24. The molecule has 0 bridgehead atoms. The number of benzene rings is 1. The first kappa shape index (κ1) is 20.5. The molecule has 2 heterocycles. The summed E-state index contributed by atoms with van der Waals surface area (Å²) in [4.78, 5) is 14.7. The van der Waals surface area contributed by atoms with Gasteiger partial charge in [-0.25, -0.2) is 8.42 Å². The van der Waals surface area contributed by atoms with Gasteiger partial charge in [-0.05, 0) is 49.1 Å². The van der Waals surface area contributed by atoms with Crippen molar-refractivity contribution in [2.24, 2.45) is 0 Å². The van der Waals surface area contributed by atoms with Crippen LogP contribution in [0.4, 0.5) is 0 Å². The van der Waals surface area contributed by atoms with E-state index in [-0.39, 0.29) is 30.0 Å². The highest BCUT2D eigenvalue weighted by atomic mass is 32.2. The first-order valence-corrected chi connectivity index (χ1v) is 11.4. The van der Waals surface area contributed by atoms with Crippen molar-refractivity contribution in [2.75, 3.05) is 11.5 Å². The van der Waals surface area contributed by atoms with Gasteiger partial charge in [0.1, 0.15) is 11.5 Å². The molecule has 1 aromatic carbocycles. The van der Waals surface area contributed by atoms with E-state index in [1.165, 1.54) is 5.56 Å². The van der Waals surface area contributed by atoms with Gasteiger partial charge in [-0.15, -0.1) is 0 Å². The van der Waals surface area contributed by atoms with Crippen LogP contribution < -0.4 is 4.74 Å². The smallest absolute Gasteiger partial charge is 0.264 e. The summed E-state index contributed by atoms with van der Waals surface area (Å²) in [5.74, 6) is 1.49. The zero-order valence-electron chi connectivity index (χ0n) is 16.5. The van der Waals surface area contributed by atoms with Gasteiger partial charge in [-0.3, -0.25) is 4.79 Å². The van der Waals surface area contributed by atoms with E-state index in [1.807, 2.05) is 24.3 Å². The van der Waals surface area contributed by atoms with Crippen molar-refractivity contribution >= 4 is 15.7 Å². The molecule has 0 aliphatic carbocycles. The number of ether oxygens (including phenoxy) is 1. The van der Waals surface area contributed by atoms with E-state index in [2.05, 4.69) is 13.8 Å². The first-order valence-electron chi connectivity index (χ1n) is 9.55. The highest BCUT2D eigenvalue weighted by Gasteiger charge is 2.37. The number of carbonyl (C=O) groups excluding carboxylic acids is 1. The minimum absolute atomic E-state index is 0.0186. The van der Waals surface area contributed by atoms with Gasteiger partial charge in [-0.2, -0.15) is 0 Å². The number of rotatable bonds is 7. The van der Waals surface area contributed by atoms with Gasteiger partial charge in [0.25, 0.3) is 5.91 Å². The third kappa shape index (κ3) is 4.95. The molecular formula is C21H27NO5S. The quantitative estimate of drug-likeness (QED) is 0.706. The molecule has 7 heteroatoms. The Hall–Kier alpha value is -2.28. The maximum absolute atomic E-state index is 13.1. The van der Waals surface area contributed by atoms with Gasteiger partial charge < -0.3 is 14.1 Å². The second kappa shape index (κ2) is 8.39. The van der Waals surface area contributed by atoms with Crippen molar-refractivity contribution in [1.29, 1.82) is 0 Å². The third-order valence-electron chi connectivity index (χ3n) is 5.05. The lowest BCUT2D eigenvalue weighted by molar-refractivity contribution is -0.140. The monoisotopic (exact) mass is 405 g/mol. The summed E-state index contributed by atoms with van der Waals surface area (Å²) < 4.78 is 35.1. The van der Waals surface area contributed by atoms with E-state index in [1.54, 1.807) is 30.2 Å². The number of furan rings is 1. The Balaban J connectivity index is 1.73. The third-order valence-corrected chi connectivity index (χ3v) is 6.80. The molecule has 1 aliphatic heterocycles. The first-order chi connectivity index (χ1) is 13.2. The Bertz CT molecular complexity index is 887. The van der Waals surface area contributed by atoms with Gasteiger partial charge in [0.15, 0.2) is 15.9 Å². The molecule has 0 unspecified atom stereocenters. The number of carbonyl (C=O) groups is 1. The average molecular weight is 406 g/mol. The van der Waals surface area contributed by atoms with E-state index in [9.17, 15) is 13.2 Å². The maximum Gasteiger partial charge on any atom is 0.264 e. The molecule has 1 aromatic heterocycles. The molecule has 6 nitrogen and oxygen atoms in total. The molecule has 0 saturated carbocycles. The topological polar surface area (TPSA) is 76.8 Å². The highest BCUT2D eigenvalue weighted by molar-refractivity contribution is 7.91. The van der Waals surface area contributed by atoms with E-state index < -0.39 is 15.9 Å². The van der Waals surface area contributed by atoms with Crippen LogP contribution in [0.5, 0.6) is 5.75 Å². The van der Waals surface area contributed by atoms with Crippen LogP contribution in [0, 0.1) is 0 Å². The molecule has 1 fully saturated rings. The lowest BCUT2D eigenvalue weighted by Gasteiger charge is -2.30. The zero-order valence-corrected chi connectivity index (χ0v) is 17.3. The molecule has 3 rings (SSSR count). The largest absolute Gasteiger partial charge is 0.481 e. The summed E-state index contributed by atoms with van der Waals surface area (Å²) in [6, 6.07) is 10.9. The second-order valence-corrected chi connectivity index (χ2v) is 9.81. The Kier molecular flexibility index (Phi) is 6.13. The van der Waals surface area contributed by atoms with Crippen LogP contribution in [0.2, 0.25) is 0 Å². The van der Waals surface area contributed by atoms with Crippen LogP contribution >= 0.6 is 0 Å². The van der Waals surface area contributed by atoms with Crippen LogP contribution in [0.15, 0.2) is 47.1 Å². The van der Waals surface area contributed by atoms with E-state index in [0.29, 0.717) is 23.8 Å². The Labute approximate surface area is 166 Å². The standard InChI is InChI=1S/C21H27NO5S/c1-15(2)17-6-8-19(9-7-17)27-16(3)21(23)22(13-20-5-4-11-26-20)18-10-12-28(24,25)14-18/h4-9,11,15-16,18H,10,12-14H2,1-3H3/t16-,18+/m0/s1. The fourth-order valence-electron chi connectivity index (χ4n) is 3.40. The Morgan fingerprint density at radius 3 is 2.46 bits per heavy atom. The predicted octanol–water partition coefficient (Wildman–Crippen LogP) is 3.39. The van der Waals surface area contributed by atoms with E-state index in [0.717, 1.165) is 0 Å². The van der Waals surface area contributed by atoms with Crippen LogP contribution in [0.3, 0.4) is 0 Å². The summed E-state index contributed by atoms with van der Waals surface area (Å²) >= 11 is 0. The van der Waals surface area contributed by atoms with Crippen molar-refractivity contribution in [1.82, 2.24) is 4.90 Å². The number of hydrogen-bond acceptors (Lipinski definition) is 5. The number of amides is 1. The molecule has 1 amide bonds. The van der Waals surface area contributed by atoms with Crippen molar-refractivity contribution < 1.29 is 22.4 Å². The molecule has 2 aromatic rings. The van der Waals surface area contributed by atoms with Crippen LogP contribution in [-0.2, 0) is 21.2 Å². The minimum atomic E-state index is -3.12. The minimum Gasteiger partial charge on any atom is -0.481 e. The molecular weight excluding hydrogens is 378 g/mol. The lowest BCUT2D eigenvalue weighted by Crippen LogP contribution is -2.46. The normalized spacial score (nSPS) is 19.5. The lowest BCUT2D eigenvalue weighted by atomic mass is 10.0. The molecule has 0 radical (unpaired) electrons. The van der Waals surface area contributed by atoms with Crippen LogP contribution in [-0.4, -0.2) is 42.9 Å². The SMILES string of the molecule is CC(C)c1ccc(O[C@@H](C)C(=O)N(Cc2ccco2)[C@@H]2CCS(=O)(=O)C2)cc1. The maximum atomic E-state index is 13.1. The van der Waals surface area contributed by atoms with Gasteiger partial charge in [0, 0.05) is 6.04 Å². The molecule has 0 spiro atoms. The summed E-state index contributed by atoms with van der Waals surface area (Å²) in [5, 5.41) is 0. The van der Waals surface area contributed by atoms with E-state index >= 15 is 0 Å². The summed E-state index contributed by atoms with van der Waals surface area (Å²) in [5.41, 5.74) is 1.20. The highest BCUT2D eigenvalue weighted by Crippen LogP contribution is 2.23. The van der Waals surface area contributed by atoms with Gasteiger partial charge in [0.2, 0.25) is 0 Å². The van der Waals surface area contributed by atoms with Crippen LogP contribution in [0.1, 0.15) is 44.4 Å². The predicted molar refractivity (Wildman–Crippen MR) is 107 cm³/mol. The summed E-state index contributed by atoms with van der Waals surface area (Å²) in [7, 11) is -3.12. The van der Waals surface area contributed by atoms with Crippen molar-refractivity contribution in [3.05, 3.63) is 54.0 Å². The number of hydrogen-bond donors (Lipinski definition) is 0. The molecule has 1 saturated heterocycles. The van der Waals surface area contributed by atoms with Crippen LogP contribution in [0.25, 0.3) is 0 Å². The van der Waals surface area contributed by atoms with Gasteiger partial charge in [0.05, 0.1) is 24.3 Å². The van der Waals surface area contributed by atoms with Crippen molar-refractivity contribution in [2.45, 2.75) is 51.8 Å². The Morgan fingerprint density at radius 1 is 1.21 bits per heavy atom. The molecule has 152 valence electrons. The number of nitrogens with zero attached hydrogens (tertiary/aromatic N) is 1. The van der Waals surface area contributed by atoms with E-state index in [4.69, 9.17) is 9.15 Å². The zero-order chi connectivity index (χ0) is 20.3. The fraction of sp³-hybridized carbons (Fsp3) is 0.476.